The zero-order chi connectivity index (χ0) is 17.4. The molecule has 0 unspecified atom stereocenters. The van der Waals surface area contributed by atoms with Gasteiger partial charge in [0.2, 0.25) is 0 Å². The zero-order valence-corrected chi connectivity index (χ0v) is 14.6. The molecule has 4 rings (SSSR count). The highest BCUT2D eigenvalue weighted by atomic mass is 32.1. The second-order valence-electron chi connectivity index (χ2n) is 5.66. The lowest BCUT2D eigenvalue weighted by Crippen LogP contribution is -2.14. The van der Waals surface area contributed by atoms with E-state index in [0.717, 1.165) is 21.9 Å². The van der Waals surface area contributed by atoms with Crippen molar-refractivity contribution in [2.24, 2.45) is 0 Å². The largest absolute Gasteiger partial charge is 0.361 e. The molecule has 0 bridgehead atoms. The summed E-state index contributed by atoms with van der Waals surface area (Å²) in [6.45, 7) is 3.69. The van der Waals surface area contributed by atoms with Crippen LogP contribution in [0.2, 0.25) is 0 Å². The molecule has 0 spiro atoms. The highest BCUT2D eigenvalue weighted by molar-refractivity contribution is 7.15. The zero-order valence-electron chi connectivity index (χ0n) is 13.8. The molecule has 3 aromatic heterocycles. The van der Waals surface area contributed by atoms with Gasteiger partial charge in [-0.15, -0.1) is 11.3 Å². The molecule has 0 aliphatic rings. The summed E-state index contributed by atoms with van der Waals surface area (Å²) in [5, 5.41) is 8.82. The molecule has 0 aliphatic heterocycles. The maximum absolute atomic E-state index is 12.5. The van der Waals surface area contributed by atoms with Crippen LogP contribution in [0.15, 0.2) is 46.6 Å². The Morgan fingerprint density at radius 3 is 2.84 bits per heavy atom. The van der Waals surface area contributed by atoms with Crippen molar-refractivity contribution in [1.82, 2.24) is 14.5 Å². The Morgan fingerprint density at radius 2 is 2.12 bits per heavy atom. The van der Waals surface area contributed by atoms with Gasteiger partial charge in [-0.2, -0.15) is 0 Å². The highest BCUT2D eigenvalue weighted by Gasteiger charge is 2.19. The van der Waals surface area contributed by atoms with Gasteiger partial charge in [-0.3, -0.25) is 9.20 Å². The fourth-order valence-corrected chi connectivity index (χ4v) is 3.43. The van der Waals surface area contributed by atoms with Crippen LogP contribution in [0.1, 0.15) is 28.7 Å². The van der Waals surface area contributed by atoms with Gasteiger partial charge in [0.1, 0.15) is 11.3 Å². The minimum atomic E-state index is -0.203. The van der Waals surface area contributed by atoms with E-state index in [-0.39, 0.29) is 5.91 Å². The Hall–Kier alpha value is -2.93. The Labute approximate surface area is 148 Å². The van der Waals surface area contributed by atoms with E-state index < -0.39 is 0 Å². The van der Waals surface area contributed by atoms with Crippen molar-refractivity contribution in [3.05, 3.63) is 59.1 Å². The average molecular weight is 352 g/mol. The molecule has 4 aromatic rings. The third kappa shape index (κ3) is 2.83. The number of nitrogens with one attached hydrogen (secondary N) is 1. The van der Waals surface area contributed by atoms with Gasteiger partial charge in [-0.1, -0.05) is 24.2 Å². The lowest BCUT2D eigenvalue weighted by molar-refractivity contribution is 0.102. The second kappa shape index (κ2) is 6.18. The van der Waals surface area contributed by atoms with Crippen molar-refractivity contribution in [3.63, 3.8) is 0 Å². The van der Waals surface area contributed by atoms with Crippen molar-refractivity contribution in [2.45, 2.75) is 20.3 Å². The summed E-state index contributed by atoms with van der Waals surface area (Å²) in [5.74, 6) is 0.329. The number of hydrogen-bond donors (Lipinski definition) is 1. The molecule has 6 nitrogen and oxygen atoms in total. The number of aromatic nitrogens is 3. The predicted octanol–water partition coefficient (Wildman–Crippen LogP) is 4.17. The van der Waals surface area contributed by atoms with Crippen LogP contribution in [-0.4, -0.2) is 20.4 Å². The van der Waals surface area contributed by atoms with Gasteiger partial charge < -0.3 is 9.84 Å². The molecule has 0 saturated carbocycles. The number of fused-ring (bicyclic) bond motifs is 1. The molecule has 1 amide bonds. The first-order valence-electron chi connectivity index (χ1n) is 7.95. The Balaban J connectivity index is 1.55. The molecule has 126 valence electrons. The van der Waals surface area contributed by atoms with Crippen molar-refractivity contribution in [2.75, 3.05) is 5.32 Å². The topological polar surface area (TPSA) is 72.4 Å². The average Bonchev–Trinajstić information content (AvgIpc) is 3.29. The van der Waals surface area contributed by atoms with Crippen molar-refractivity contribution in [3.8, 4) is 11.3 Å². The van der Waals surface area contributed by atoms with Crippen molar-refractivity contribution >= 4 is 27.9 Å². The van der Waals surface area contributed by atoms with Crippen LogP contribution in [-0.2, 0) is 6.42 Å². The summed E-state index contributed by atoms with van der Waals surface area (Å²) in [6, 6.07) is 7.64. The first-order valence-corrected chi connectivity index (χ1v) is 8.83. The van der Waals surface area contributed by atoms with Crippen LogP contribution in [0.3, 0.4) is 0 Å². The lowest BCUT2D eigenvalue weighted by Gasteiger charge is -2.06. The van der Waals surface area contributed by atoms with E-state index in [4.69, 9.17) is 4.52 Å². The van der Waals surface area contributed by atoms with Crippen molar-refractivity contribution < 1.29 is 9.32 Å². The van der Waals surface area contributed by atoms with Crippen LogP contribution in [0.4, 0.5) is 5.69 Å². The van der Waals surface area contributed by atoms with Crippen LogP contribution in [0.5, 0.6) is 0 Å². The summed E-state index contributed by atoms with van der Waals surface area (Å²) in [5.41, 5.74) is 3.82. The second-order valence-corrected chi connectivity index (χ2v) is 6.54. The van der Waals surface area contributed by atoms with Gasteiger partial charge in [-0.05, 0) is 25.5 Å². The molecule has 0 aliphatic carbocycles. The van der Waals surface area contributed by atoms with Gasteiger partial charge in [-0.25, -0.2) is 4.98 Å². The van der Waals surface area contributed by atoms with Gasteiger partial charge in [0.25, 0.3) is 5.91 Å². The number of aryl methyl sites for hydroxylation is 2. The summed E-state index contributed by atoms with van der Waals surface area (Å²) >= 11 is 1.60. The highest BCUT2D eigenvalue weighted by Crippen LogP contribution is 2.24. The van der Waals surface area contributed by atoms with Gasteiger partial charge in [0.05, 0.1) is 11.4 Å². The number of nitrogens with zero attached hydrogens (tertiary/aromatic N) is 3. The summed E-state index contributed by atoms with van der Waals surface area (Å²) < 4.78 is 7.12. The normalized spacial score (nSPS) is 11.1. The van der Waals surface area contributed by atoms with E-state index in [2.05, 4.69) is 15.5 Å². The molecule has 3 heterocycles. The minimum absolute atomic E-state index is 0.203. The van der Waals surface area contributed by atoms with Crippen LogP contribution >= 0.6 is 11.3 Å². The molecular weight excluding hydrogens is 336 g/mol. The first-order chi connectivity index (χ1) is 12.2. The van der Waals surface area contributed by atoms with Crippen LogP contribution in [0, 0.1) is 6.92 Å². The molecule has 7 heteroatoms. The van der Waals surface area contributed by atoms with E-state index in [9.17, 15) is 4.79 Å². The monoisotopic (exact) mass is 352 g/mol. The molecule has 0 radical (unpaired) electrons. The smallest absolute Gasteiger partial charge is 0.261 e. The van der Waals surface area contributed by atoms with Gasteiger partial charge >= 0.3 is 0 Å². The van der Waals surface area contributed by atoms with E-state index in [1.807, 2.05) is 53.4 Å². The Kier molecular flexibility index (Phi) is 3.85. The summed E-state index contributed by atoms with van der Waals surface area (Å²) in [7, 11) is 0. The number of hydrogen-bond acceptors (Lipinski definition) is 5. The standard InChI is InChI=1S/C18H16N4O2S/c1-3-14-16(11(2)24-21-14)17(23)19-13-6-4-12(5-7-13)15-10-22-8-9-25-18(22)20-15/h4-10H,3H2,1-2H3,(H,19,23). The maximum Gasteiger partial charge on any atom is 0.261 e. The van der Waals surface area contributed by atoms with Gasteiger partial charge in [0.15, 0.2) is 4.96 Å². The molecule has 0 saturated heterocycles. The lowest BCUT2D eigenvalue weighted by atomic mass is 10.1. The molecule has 1 N–H and O–H groups in total. The molecule has 0 fully saturated rings. The fourth-order valence-electron chi connectivity index (χ4n) is 2.73. The maximum atomic E-state index is 12.5. The van der Waals surface area contributed by atoms with Crippen LogP contribution in [0.25, 0.3) is 16.2 Å². The van der Waals surface area contributed by atoms with Crippen molar-refractivity contribution in [1.29, 1.82) is 0 Å². The number of benzene rings is 1. The third-order valence-corrected chi connectivity index (χ3v) is 4.80. The SMILES string of the molecule is CCc1noc(C)c1C(=O)Nc1ccc(-c2cn3ccsc3n2)cc1. The minimum Gasteiger partial charge on any atom is -0.361 e. The first kappa shape index (κ1) is 15.6. The fraction of sp³-hybridized carbons (Fsp3) is 0.167. The predicted molar refractivity (Wildman–Crippen MR) is 97.1 cm³/mol. The molecular formula is C18H16N4O2S. The van der Waals surface area contributed by atoms with E-state index >= 15 is 0 Å². The Bertz CT molecular complexity index is 1010. The van der Waals surface area contributed by atoms with E-state index in [1.54, 1.807) is 18.3 Å². The third-order valence-electron chi connectivity index (χ3n) is 4.03. The molecule has 1 aromatic carbocycles. The number of anilines is 1. The quantitative estimate of drug-likeness (QED) is 0.598. The van der Waals surface area contributed by atoms with Crippen LogP contribution < -0.4 is 5.32 Å². The van der Waals surface area contributed by atoms with E-state index in [1.165, 1.54) is 0 Å². The number of amides is 1. The summed E-state index contributed by atoms with van der Waals surface area (Å²) in [4.78, 5) is 18.0. The van der Waals surface area contributed by atoms with E-state index in [0.29, 0.717) is 23.4 Å². The summed E-state index contributed by atoms with van der Waals surface area (Å²) in [6.07, 6.45) is 4.63. The number of imidazole rings is 1. The molecule has 25 heavy (non-hydrogen) atoms. The molecule has 0 atom stereocenters. The number of rotatable bonds is 4. The van der Waals surface area contributed by atoms with Gasteiger partial charge in [0, 0.05) is 29.0 Å². The number of carbonyl (C=O) groups excluding carboxylic acids is 1. The number of carbonyl (C=O) groups is 1. The Morgan fingerprint density at radius 1 is 1.32 bits per heavy atom. The number of thiazole rings is 1.